The van der Waals surface area contributed by atoms with Gasteiger partial charge in [0.25, 0.3) is 5.79 Å². The van der Waals surface area contributed by atoms with Crippen LogP contribution in [0, 0.1) is 6.57 Å². The van der Waals surface area contributed by atoms with Crippen molar-refractivity contribution in [2.75, 3.05) is 19.7 Å². The van der Waals surface area contributed by atoms with Crippen LogP contribution in [0.4, 0.5) is 5.69 Å². The second-order valence-corrected chi connectivity index (χ2v) is 11.3. The average Bonchev–Trinajstić information content (AvgIpc) is 3.51. The molecule has 10 heteroatoms. The lowest BCUT2D eigenvalue weighted by Gasteiger charge is -2.33. The Morgan fingerprint density at radius 1 is 1.14 bits per heavy atom. The number of nitrogens with zero attached hydrogens (tertiary/aromatic N) is 5. The predicted octanol–water partition coefficient (Wildman–Crippen LogP) is 5.49. The van der Waals surface area contributed by atoms with Crippen LogP contribution < -0.4 is 9.47 Å². The highest BCUT2D eigenvalue weighted by molar-refractivity contribution is 5.92. The summed E-state index contributed by atoms with van der Waals surface area (Å²) in [7, 11) is 0. The molecule has 0 aliphatic carbocycles. The number of hydrogen-bond donors (Lipinski definition) is 1. The van der Waals surface area contributed by atoms with Gasteiger partial charge in [-0.05, 0) is 68.6 Å². The van der Waals surface area contributed by atoms with Gasteiger partial charge in [-0.2, -0.15) is 0 Å². The van der Waals surface area contributed by atoms with Gasteiger partial charge in [-0.3, -0.25) is 9.88 Å². The molecule has 42 heavy (non-hydrogen) atoms. The second-order valence-electron chi connectivity index (χ2n) is 11.3. The number of carboxylic acids is 1. The molecule has 1 N–H and O–H groups in total. The number of fused-ring (bicyclic) bond motifs is 2. The van der Waals surface area contributed by atoms with Crippen molar-refractivity contribution in [3.05, 3.63) is 88.8 Å². The normalized spacial score (nSPS) is 22.1. The van der Waals surface area contributed by atoms with Gasteiger partial charge in [0.1, 0.15) is 11.5 Å². The van der Waals surface area contributed by atoms with E-state index in [9.17, 15) is 9.90 Å². The van der Waals surface area contributed by atoms with E-state index in [1.165, 1.54) is 0 Å². The molecule has 2 fully saturated rings. The van der Waals surface area contributed by atoms with Gasteiger partial charge < -0.3 is 23.9 Å². The Morgan fingerprint density at radius 3 is 2.67 bits per heavy atom. The lowest BCUT2D eigenvalue weighted by Crippen LogP contribution is -2.35. The van der Waals surface area contributed by atoms with Crippen molar-refractivity contribution in [3.8, 4) is 11.5 Å². The number of carbonyl (C=O) groups is 1. The molecule has 5 heterocycles. The summed E-state index contributed by atoms with van der Waals surface area (Å²) in [5.41, 5.74) is 4.15. The van der Waals surface area contributed by atoms with E-state index in [0.717, 1.165) is 67.1 Å². The average molecular weight is 566 g/mol. The number of aromatic nitrogens is 3. The van der Waals surface area contributed by atoms with Gasteiger partial charge in [-0.15, -0.1) is 0 Å². The number of pyridine rings is 1. The summed E-state index contributed by atoms with van der Waals surface area (Å²) in [5.74, 6) is 0.742. The molecule has 0 bridgehead atoms. The van der Waals surface area contributed by atoms with Gasteiger partial charge in [-0.25, -0.2) is 14.6 Å². The monoisotopic (exact) mass is 565 g/mol. The summed E-state index contributed by atoms with van der Waals surface area (Å²) in [4.78, 5) is 26.8. The van der Waals surface area contributed by atoms with Crippen LogP contribution in [-0.4, -0.2) is 56.3 Å². The number of aromatic carboxylic acids is 1. The fraction of sp³-hybridized carbons (Fsp3) is 0.375. The first-order valence-corrected chi connectivity index (χ1v) is 14.3. The highest BCUT2D eigenvalue weighted by atomic mass is 16.7. The van der Waals surface area contributed by atoms with Gasteiger partial charge in [0.05, 0.1) is 42.4 Å². The van der Waals surface area contributed by atoms with Crippen molar-refractivity contribution in [1.82, 2.24) is 19.4 Å². The minimum atomic E-state index is -1.05. The van der Waals surface area contributed by atoms with Crippen molar-refractivity contribution < 1.29 is 24.1 Å². The van der Waals surface area contributed by atoms with Crippen LogP contribution in [0.25, 0.3) is 15.9 Å². The highest BCUT2D eigenvalue weighted by Crippen LogP contribution is 2.49. The van der Waals surface area contributed by atoms with Crippen LogP contribution in [0.3, 0.4) is 0 Å². The lowest BCUT2D eigenvalue weighted by molar-refractivity contribution is -0.0722. The molecule has 2 aromatic carbocycles. The molecular weight excluding hydrogens is 534 g/mol. The van der Waals surface area contributed by atoms with Crippen LogP contribution in [0.1, 0.15) is 59.5 Å². The quantitative estimate of drug-likeness (QED) is 0.294. The fourth-order valence-corrected chi connectivity index (χ4v) is 6.16. The van der Waals surface area contributed by atoms with Gasteiger partial charge in [0.15, 0.2) is 11.5 Å². The molecule has 2 saturated heterocycles. The third-order valence-electron chi connectivity index (χ3n) is 8.60. The standard InChI is InChI=1S/C32H31N5O5/c1-32(28-9-7-22(33-2)17-34-28)41-27-5-3-4-24(30(27)42-32)20-10-13-36(14-11-20)19-29-35-25-8-6-21(31(38)39)16-26(25)37(29)18-23-12-15-40-23/h3-9,16-17,20,23H,10-15,18-19H2,1H3,(H,38,39)/t23-,32?/m0/s1. The van der Waals surface area contributed by atoms with Crippen molar-refractivity contribution in [2.24, 2.45) is 0 Å². The highest BCUT2D eigenvalue weighted by Gasteiger charge is 2.42. The van der Waals surface area contributed by atoms with Gasteiger partial charge in [0, 0.05) is 25.3 Å². The molecule has 1 unspecified atom stereocenters. The molecule has 0 saturated carbocycles. The van der Waals surface area contributed by atoms with Crippen molar-refractivity contribution >= 4 is 22.7 Å². The summed E-state index contributed by atoms with van der Waals surface area (Å²) in [5, 5.41) is 9.53. The van der Waals surface area contributed by atoms with E-state index in [2.05, 4.69) is 25.4 Å². The Labute approximate surface area is 243 Å². The van der Waals surface area contributed by atoms with Crippen LogP contribution in [-0.2, 0) is 23.6 Å². The minimum absolute atomic E-state index is 0.134. The number of para-hydroxylation sites is 1. The zero-order chi connectivity index (χ0) is 28.8. The van der Waals surface area contributed by atoms with Gasteiger partial charge in [-0.1, -0.05) is 18.2 Å². The summed E-state index contributed by atoms with van der Waals surface area (Å²) < 4.78 is 20.6. The number of rotatable bonds is 7. The Morgan fingerprint density at radius 2 is 1.98 bits per heavy atom. The largest absolute Gasteiger partial charge is 0.478 e. The maximum atomic E-state index is 11.6. The minimum Gasteiger partial charge on any atom is -0.478 e. The fourth-order valence-electron chi connectivity index (χ4n) is 6.16. The molecule has 3 aliphatic rings. The maximum absolute atomic E-state index is 11.6. The van der Waals surface area contributed by atoms with E-state index in [-0.39, 0.29) is 11.7 Å². The predicted molar refractivity (Wildman–Crippen MR) is 154 cm³/mol. The summed E-state index contributed by atoms with van der Waals surface area (Å²) in [6.45, 7) is 13.0. The second kappa shape index (κ2) is 10.4. The van der Waals surface area contributed by atoms with E-state index in [0.29, 0.717) is 36.1 Å². The number of ether oxygens (including phenoxy) is 3. The van der Waals surface area contributed by atoms with E-state index in [1.807, 2.05) is 19.1 Å². The van der Waals surface area contributed by atoms with E-state index in [1.54, 1.807) is 36.5 Å². The van der Waals surface area contributed by atoms with Crippen LogP contribution in [0.5, 0.6) is 11.5 Å². The van der Waals surface area contributed by atoms with Gasteiger partial charge >= 0.3 is 5.97 Å². The molecule has 4 aromatic rings. The molecule has 0 spiro atoms. The molecule has 2 atom stereocenters. The first kappa shape index (κ1) is 26.4. The Balaban J connectivity index is 1.07. The number of likely N-dealkylation sites (tertiary alicyclic amines) is 1. The molecule has 10 nitrogen and oxygen atoms in total. The Kier molecular flexibility index (Phi) is 6.56. The molecule has 7 rings (SSSR count). The smallest absolute Gasteiger partial charge is 0.335 e. The third kappa shape index (κ3) is 4.74. The van der Waals surface area contributed by atoms with Gasteiger partial charge in [0.2, 0.25) is 5.69 Å². The summed E-state index contributed by atoms with van der Waals surface area (Å²) >= 11 is 0. The first-order chi connectivity index (χ1) is 20.4. The van der Waals surface area contributed by atoms with Crippen LogP contribution in [0.2, 0.25) is 0 Å². The summed E-state index contributed by atoms with van der Waals surface area (Å²) in [6, 6.07) is 14.7. The number of piperidine rings is 1. The number of imidazole rings is 1. The lowest BCUT2D eigenvalue weighted by atomic mass is 9.88. The number of hydrogen-bond acceptors (Lipinski definition) is 7. The van der Waals surface area contributed by atoms with Crippen LogP contribution >= 0.6 is 0 Å². The summed E-state index contributed by atoms with van der Waals surface area (Å²) in [6.07, 6.45) is 4.60. The SMILES string of the molecule is [C-]#[N+]c1ccc(C2(C)Oc3cccc(C4CCN(Cc5nc6ccc(C(=O)O)cc6n5C[C@@H]5CCO5)CC4)c3O2)nc1. The van der Waals surface area contributed by atoms with E-state index in [4.69, 9.17) is 25.8 Å². The van der Waals surface area contributed by atoms with E-state index < -0.39 is 11.8 Å². The molecule has 0 amide bonds. The molecule has 3 aliphatic heterocycles. The number of benzene rings is 2. The third-order valence-corrected chi connectivity index (χ3v) is 8.60. The van der Waals surface area contributed by atoms with Crippen molar-refractivity contribution in [2.45, 2.75) is 57.1 Å². The molecule has 0 radical (unpaired) electrons. The van der Waals surface area contributed by atoms with Crippen molar-refractivity contribution in [1.29, 1.82) is 0 Å². The molecular formula is C32H31N5O5. The Hall–Kier alpha value is -4.46. The first-order valence-electron chi connectivity index (χ1n) is 14.3. The van der Waals surface area contributed by atoms with E-state index >= 15 is 0 Å². The maximum Gasteiger partial charge on any atom is 0.335 e. The Bertz CT molecular complexity index is 1700. The topological polar surface area (TPSA) is 103 Å². The number of carboxylic acid groups (broad SMARTS) is 1. The molecule has 2 aromatic heterocycles. The molecule has 214 valence electrons. The zero-order valence-electron chi connectivity index (χ0n) is 23.3. The van der Waals surface area contributed by atoms with Crippen molar-refractivity contribution in [3.63, 3.8) is 0 Å². The van der Waals surface area contributed by atoms with Crippen LogP contribution in [0.15, 0.2) is 54.7 Å². The zero-order valence-corrected chi connectivity index (χ0v) is 23.3.